The van der Waals surface area contributed by atoms with Gasteiger partial charge in [0, 0.05) is 39.0 Å². The summed E-state index contributed by atoms with van der Waals surface area (Å²) in [6.45, 7) is 13.7. The van der Waals surface area contributed by atoms with E-state index in [0.29, 0.717) is 0 Å². The molecular weight excluding hydrogens is 629 g/mol. The number of methoxy groups -OCH3 is 2. The molecule has 0 fully saturated rings. The fraction of sp³-hybridized carbons (Fsp3) is 0.679. The van der Waals surface area contributed by atoms with Crippen molar-refractivity contribution in [1.29, 1.82) is 0 Å². The number of halogens is 1. The van der Waals surface area contributed by atoms with Crippen molar-refractivity contribution >= 4 is 53.0 Å². The van der Waals surface area contributed by atoms with Crippen LogP contribution in [0.4, 0.5) is 9.59 Å². The van der Waals surface area contributed by atoms with Crippen molar-refractivity contribution in [3.63, 3.8) is 0 Å². The Labute approximate surface area is 277 Å². The van der Waals surface area contributed by atoms with Crippen LogP contribution >= 0.6 is 0 Å². The smallest absolute Gasteiger partial charge is 1.00 e. The van der Waals surface area contributed by atoms with E-state index in [4.69, 9.17) is 22.3 Å². The third kappa shape index (κ3) is 19.6. The van der Waals surface area contributed by atoms with Gasteiger partial charge >= 0.3 is 47.2 Å². The van der Waals surface area contributed by atoms with Crippen LogP contribution in [0, 0.1) is 37.0 Å². The Morgan fingerprint density at radius 2 is 1.19 bits per heavy atom. The molecule has 42 heavy (non-hydrogen) atoms. The standard InChI is InChI=1S/C14H23NO5.C12H21NO5.C2H.BrH.Mg/c1-8-14(18,11(16)19-7)10(2)9-15(6)12(17)20-13(3,4)5;1-8(9(14)10(15)17-6)7-13(5)11(16)18-12(2,3)4;1-2;;/h1,10,18H,9H2,2-7H3;8H,7H2,1-6H3;1H;1H;/q;;-1;;+2/p-1. The molecule has 2 amide bonds. The van der Waals surface area contributed by atoms with Gasteiger partial charge in [-0.15, -0.1) is 6.42 Å². The average molecular weight is 674 g/mol. The van der Waals surface area contributed by atoms with Gasteiger partial charge in [-0.05, 0) is 41.5 Å². The first kappa shape index (κ1) is 49.2. The van der Waals surface area contributed by atoms with Crippen molar-refractivity contribution < 1.29 is 65.0 Å². The monoisotopic (exact) mass is 672 g/mol. The number of carbonyl (C=O) groups is 5. The van der Waals surface area contributed by atoms with Gasteiger partial charge in [0.15, 0.2) is 0 Å². The van der Waals surface area contributed by atoms with Crippen molar-refractivity contribution in [2.24, 2.45) is 11.8 Å². The maximum Gasteiger partial charge on any atom is 2.00 e. The second-order valence-corrected chi connectivity index (χ2v) is 10.8. The van der Waals surface area contributed by atoms with E-state index in [1.54, 1.807) is 55.4 Å². The maximum atomic E-state index is 11.8. The molecule has 12 nitrogen and oxygen atoms in total. The molecule has 0 heterocycles. The minimum absolute atomic E-state index is 0. The van der Waals surface area contributed by atoms with Crippen molar-refractivity contribution in [2.75, 3.05) is 41.4 Å². The number of amides is 2. The number of rotatable bonds is 8. The number of carbonyl (C=O) groups excluding carboxylic acids is 5. The molecule has 0 radical (unpaired) electrons. The second kappa shape index (κ2) is 22.1. The first-order valence-electron chi connectivity index (χ1n) is 12.1. The van der Waals surface area contributed by atoms with E-state index in [9.17, 15) is 29.1 Å². The van der Waals surface area contributed by atoms with Gasteiger partial charge in [-0.25, -0.2) is 19.2 Å². The molecule has 0 aliphatic heterocycles. The van der Waals surface area contributed by atoms with E-state index in [2.05, 4.69) is 15.9 Å². The minimum atomic E-state index is -2.08. The molecule has 0 aromatic rings. The summed E-state index contributed by atoms with van der Waals surface area (Å²) >= 11 is 0. The predicted molar refractivity (Wildman–Crippen MR) is 153 cm³/mol. The zero-order valence-electron chi connectivity index (χ0n) is 26.8. The second-order valence-electron chi connectivity index (χ2n) is 10.8. The van der Waals surface area contributed by atoms with Crippen LogP contribution in [-0.2, 0) is 33.3 Å². The summed E-state index contributed by atoms with van der Waals surface area (Å²) in [5, 5.41) is 10.1. The summed E-state index contributed by atoms with van der Waals surface area (Å²) in [6.07, 6.45) is 13.1. The number of hydrogen-bond acceptors (Lipinski definition) is 10. The van der Waals surface area contributed by atoms with E-state index < -0.39 is 58.5 Å². The number of Topliss-reactive ketones (excluding diaryl/α,β-unsaturated/α-hetero) is 1. The van der Waals surface area contributed by atoms with E-state index in [1.165, 1.54) is 23.9 Å². The summed E-state index contributed by atoms with van der Waals surface area (Å²) in [5.74, 6) is -1.80. The first-order valence-corrected chi connectivity index (χ1v) is 12.1. The fourth-order valence-corrected chi connectivity index (χ4v) is 2.73. The normalized spacial score (nSPS) is 12.8. The molecule has 0 aromatic heterocycles. The molecule has 0 rings (SSSR count). The van der Waals surface area contributed by atoms with Crippen LogP contribution in [0.5, 0.6) is 0 Å². The third-order valence-corrected chi connectivity index (χ3v) is 4.77. The summed E-state index contributed by atoms with van der Waals surface area (Å²) in [7, 11) is 5.29. The SMILES string of the molecule is C#CC(O)(C(=O)OC)C(C)CN(C)C(=O)OC(C)(C)C.COC(=O)C(=O)C(C)CN(C)C(=O)OC(C)(C)C.[Br-].[C-]#C.[Mg+2]. The van der Waals surface area contributed by atoms with Gasteiger partial charge in [0.05, 0.1) is 14.2 Å². The van der Waals surface area contributed by atoms with Crippen LogP contribution in [0.1, 0.15) is 55.4 Å². The Morgan fingerprint density at radius 1 is 0.833 bits per heavy atom. The van der Waals surface area contributed by atoms with Gasteiger partial charge in [-0.2, -0.15) is 0 Å². The van der Waals surface area contributed by atoms with E-state index in [1.807, 2.05) is 5.92 Å². The topological polar surface area (TPSA) is 149 Å². The van der Waals surface area contributed by atoms with Crippen molar-refractivity contribution in [3.05, 3.63) is 6.42 Å². The van der Waals surface area contributed by atoms with Gasteiger partial charge < -0.3 is 63.7 Å². The zero-order valence-corrected chi connectivity index (χ0v) is 29.8. The summed E-state index contributed by atoms with van der Waals surface area (Å²) in [4.78, 5) is 60.0. The van der Waals surface area contributed by atoms with E-state index in [-0.39, 0.29) is 53.1 Å². The molecule has 3 unspecified atom stereocenters. The Bertz CT molecular complexity index is 938. The quantitative estimate of drug-likeness (QED) is 0.0857. The number of terminal acetylenes is 2. The molecule has 0 saturated carbocycles. The van der Waals surface area contributed by atoms with Gasteiger partial charge in [0.1, 0.15) is 11.2 Å². The van der Waals surface area contributed by atoms with E-state index in [0.717, 1.165) is 14.2 Å². The predicted octanol–water partition coefficient (Wildman–Crippen LogP) is -0.913. The van der Waals surface area contributed by atoms with Crippen molar-refractivity contribution in [3.8, 4) is 18.8 Å². The molecule has 0 aliphatic rings. The molecule has 3 atom stereocenters. The average Bonchev–Trinajstić information content (AvgIpc) is 2.85. The van der Waals surface area contributed by atoms with E-state index >= 15 is 0 Å². The molecule has 14 heteroatoms. The van der Waals surface area contributed by atoms with Crippen LogP contribution in [0.25, 0.3) is 0 Å². The molecule has 0 aliphatic carbocycles. The fourth-order valence-electron chi connectivity index (χ4n) is 2.73. The largest absolute Gasteiger partial charge is 2.00 e. The van der Waals surface area contributed by atoms with Crippen LogP contribution in [-0.4, -0.2) is 126 Å². The molecule has 0 spiro atoms. The Hall–Kier alpha value is -2.52. The third-order valence-electron chi connectivity index (χ3n) is 4.77. The number of hydrogen-bond donors (Lipinski definition) is 1. The van der Waals surface area contributed by atoms with Crippen molar-refractivity contribution in [2.45, 2.75) is 72.2 Å². The van der Waals surface area contributed by atoms with Gasteiger partial charge in [-0.3, -0.25) is 4.79 Å². The van der Waals surface area contributed by atoms with Crippen LogP contribution in [0.2, 0.25) is 0 Å². The molecule has 0 saturated heterocycles. The Balaban J connectivity index is -0.000000197. The molecule has 0 aromatic carbocycles. The molecule has 0 bridgehead atoms. The molecule has 236 valence electrons. The molecular formula is C28H45BrMgN2O10. The number of ether oxygens (including phenoxy) is 4. The van der Waals surface area contributed by atoms with Crippen LogP contribution in [0.3, 0.4) is 0 Å². The van der Waals surface area contributed by atoms with Crippen LogP contribution < -0.4 is 17.0 Å². The van der Waals surface area contributed by atoms with Gasteiger partial charge in [0.25, 0.3) is 0 Å². The number of nitrogens with zero attached hydrogens (tertiary/aromatic N) is 2. The first-order chi connectivity index (χ1) is 18.1. The number of aliphatic hydroxyl groups is 1. The number of esters is 2. The van der Waals surface area contributed by atoms with Crippen LogP contribution in [0.15, 0.2) is 0 Å². The number of ketones is 1. The maximum absolute atomic E-state index is 11.8. The zero-order chi connectivity index (χ0) is 32.6. The minimum Gasteiger partial charge on any atom is -1.00 e. The van der Waals surface area contributed by atoms with Crippen molar-refractivity contribution in [1.82, 2.24) is 9.80 Å². The Morgan fingerprint density at radius 3 is 1.48 bits per heavy atom. The molecule has 1 N–H and O–H groups in total. The van der Waals surface area contributed by atoms with Gasteiger partial charge in [0.2, 0.25) is 11.4 Å². The van der Waals surface area contributed by atoms with Gasteiger partial charge in [-0.1, -0.05) is 19.8 Å². The Kier molecular flexibility index (Phi) is 25.8. The summed E-state index contributed by atoms with van der Waals surface area (Å²) < 4.78 is 19.1. The summed E-state index contributed by atoms with van der Waals surface area (Å²) in [6, 6.07) is 0. The summed E-state index contributed by atoms with van der Waals surface area (Å²) in [5.41, 5.74) is -3.30.